The van der Waals surface area contributed by atoms with Crippen LogP contribution in [0.5, 0.6) is 0 Å². The summed E-state index contributed by atoms with van der Waals surface area (Å²) >= 11 is 0. The number of fused-ring (bicyclic) bond motifs is 2. The standard InChI is InChI=1S/C22H29N3/c1-17(2)24-13-10-22(11-14-24)16-25(21-18(3)7-6-12-23-21)15-19-8-4-5-9-20(19)22/h4-9,12,17H,10-11,13-16H2,1-3H3. The van der Waals surface area contributed by atoms with E-state index in [1.165, 1.54) is 37.1 Å². The maximum absolute atomic E-state index is 4.71. The number of pyridine rings is 1. The molecule has 0 atom stereocenters. The number of benzene rings is 1. The van der Waals surface area contributed by atoms with Gasteiger partial charge in [0.05, 0.1) is 0 Å². The lowest BCUT2D eigenvalue weighted by Crippen LogP contribution is -2.53. The molecule has 1 aromatic heterocycles. The molecule has 0 aliphatic carbocycles. The van der Waals surface area contributed by atoms with Crippen molar-refractivity contribution in [2.45, 2.75) is 51.6 Å². The Bertz CT molecular complexity index is 744. The Kier molecular flexibility index (Phi) is 4.28. The molecular weight excluding hydrogens is 306 g/mol. The van der Waals surface area contributed by atoms with Crippen molar-refractivity contribution in [2.75, 3.05) is 24.5 Å². The summed E-state index contributed by atoms with van der Waals surface area (Å²) in [6.07, 6.45) is 4.41. The molecule has 1 aromatic carbocycles. The Morgan fingerprint density at radius 3 is 2.52 bits per heavy atom. The van der Waals surface area contributed by atoms with Gasteiger partial charge in [-0.2, -0.15) is 0 Å². The third-order valence-corrected chi connectivity index (χ3v) is 6.21. The van der Waals surface area contributed by atoms with Crippen molar-refractivity contribution in [1.29, 1.82) is 0 Å². The third-order valence-electron chi connectivity index (χ3n) is 6.21. The molecule has 2 aliphatic rings. The van der Waals surface area contributed by atoms with E-state index in [1.807, 2.05) is 12.3 Å². The summed E-state index contributed by atoms with van der Waals surface area (Å²) in [5, 5.41) is 0. The molecule has 3 heterocycles. The second-order valence-corrected chi connectivity index (χ2v) is 8.07. The first-order valence-electron chi connectivity index (χ1n) is 9.58. The zero-order valence-electron chi connectivity index (χ0n) is 15.7. The Balaban J connectivity index is 1.70. The monoisotopic (exact) mass is 335 g/mol. The van der Waals surface area contributed by atoms with E-state index in [0.717, 1.165) is 18.9 Å². The SMILES string of the molecule is Cc1cccnc1N1Cc2ccccc2C2(CCN(C(C)C)CC2)C1. The molecule has 1 fully saturated rings. The van der Waals surface area contributed by atoms with Crippen molar-refractivity contribution in [1.82, 2.24) is 9.88 Å². The van der Waals surface area contributed by atoms with Crippen molar-refractivity contribution >= 4 is 5.82 Å². The number of aryl methyl sites for hydroxylation is 1. The van der Waals surface area contributed by atoms with Gasteiger partial charge in [-0.15, -0.1) is 0 Å². The van der Waals surface area contributed by atoms with Crippen LogP contribution in [0.15, 0.2) is 42.6 Å². The van der Waals surface area contributed by atoms with Crippen LogP contribution in [-0.2, 0) is 12.0 Å². The van der Waals surface area contributed by atoms with Gasteiger partial charge in [0.25, 0.3) is 0 Å². The van der Waals surface area contributed by atoms with E-state index in [9.17, 15) is 0 Å². The highest BCUT2D eigenvalue weighted by atomic mass is 15.2. The lowest BCUT2D eigenvalue weighted by Gasteiger charge is -2.50. The van der Waals surface area contributed by atoms with E-state index in [4.69, 9.17) is 4.98 Å². The molecule has 1 spiro atoms. The van der Waals surface area contributed by atoms with Gasteiger partial charge in [-0.25, -0.2) is 4.98 Å². The van der Waals surface area contributed by atoms with Crippen molar-refractivity contribution < 1.29 is 0 Å². The highest BCUT2D eigenvalue weighted by molar-refractivity contribution is 5.52. The number of nitrogens with zero attached hydrogens (tertiary/aromatic N) is 3. The number of hydrogen-bond donors (Lipinski definition) is 0. The highest BCUT2D eigenvalue weighted by Crippen LogP contribution is 2.43. The van der Waals surface area contributed by atoms with Crippen LogP contribution in [0, 0.1) is 6.92 Å². The van der Waals surface area contributed by atoms with Gasteiger partial charge in [0.2, 0.25) is 0 Å². The summed E-state index contributed by atoms with van der Waals surface area (Å²) < 4.78 is 0. The molecule has 3 nitrogen and oxygen atoms in total. The number of hydrogen-bond acceptors (Lipinski definition) is 3. The summed E-state index contributed by atoms with van der Waals surface area (Å²) in [6.45, 7) is 11.3. The van der Waals surface area contributed by atoms with E-state index in [2.05, 4.69) is 60.9 Å². The van der Waals surface area contributed by atoms with Gasteiger partial charge in [-0.05, 0) is 69.5 Å². The average Bonchev–Trinajstić information content (AvgIpc) is 2.62. The Hall–Kier alpha value is -1.87. The number of aromatic nitrogens is 1. The Morgan fingerprint density at radius 1 is 1.04 bits per heavy atom. The van der Waals surface area contributed by atoms with Gasteiger partial charge >= 0.3 is 0 Å². The predicted molar refractivity (Wildman–Crippen MR) is 104 cm³/mol. The Labute approximate surface area is 151 Å². The number of piperidine rings is 1. The fourth-order valence-corrected chi connectivity index (χ4v) is 4.74. The molecule has 2 aliphatic heterocycles. The smallest absolute Gasteiger partial charge is 0.131 e. The van der Waals surface area contributed by atoms with Gasteiger partial charge in [-0.1, -0.05) is 30.3 Å². The van der Waals surface area contributed by atoms with Crippen LogP contribution in [0.2, 0.25) is 0 Å². The van der Waals surface area contributed by atoms with Gasteiger partial charge in [0.15, 0.2) is 0 Å². The molecule has 0 saturated carbocycles. The molecular formula is C22H29N3. The molecule has 3 heteroatoms. The molecule has 0 N–H and O–H groups in total. The summed E-state index contributed by atoms with van der Waals surface area (Å²) in [4.78, 5) is 9.85. The van der Waals surface area contributed by atoms with E-state index in [1.54, 1.807) is 5.56 Å². The molecule has 4 rings (SSSR count). The van der Waals surface area contributed by atoms with Crippen LogP contribution in [-0.4, -0.2) is 35.6 Å². The first kappa shape index (κ1) is 16.6. The molecule has 0 unspecified atom stereocenters. The van der Waals surface area contributed by atoms with E-state index in [0.29, 0.717) is 6.04 Å². The van der Waals surface area contributed by atoms with E-state index < -0.39 is 0 Å². The average molecular weight is 335 g/mol. The van der Waals surface area contributed by atoms with E-state index >= 15 is 0 Å². The van der Waals surface area contributed by atoms with Crippen molar-refractivity contribution in [3.8, 4) is 0 Å². The van der Waals surface area contributed by atoms with Crippen LogP contribution < -0.4 is 4.90 Å². The highest BCUT2D eigenvalue weighted by Gasteiger charge is 2.42. The van der Waals surface area contributed by atoms with Crippen LogP contribution in [0.1, 0.15) is 43.4 Å². The maximum Gasteiger partial charge on any atom is 0.131 e. The van der Waals surface area contributed by atoms with Crippen molar-refractivity contribution in [2.24, 2.45) is 0 Å². The van der Waals surface area contributed by atoms with Crippen molar-refractivity contribution in [3.05, 3.63) is 59.3 Å². The zero-order valence-corrected chi connectivity index (χ0v) is 15.7. The van der Waals surface area contributed by atoms with Crippen molar-refractivity contribution in [3.63, 3.8) is 0 Å². The van der Waals surface area contributed by atoms with Gasteiger partial charge in [0, 0.05) is 30.7 Å². The lowest BCUT2D eigenvalue weighted by molar-refractivity contribution is 0.127. The van der Waals surface area contributed by atoms with Crippen LogP contribution in [0.3, 0.4) is 0 Å². The molecule has 2 aromatic rings. The number of likely N-dealkylation sites (tertiary alicyclic amines) is 1. The fraction of sp³-hybridized carbons (Fsp3) is 0.500. The minimum atomic E-state index is 0.268. The van der Waals surface area contributed by atoms with Crippen LogP contribution in [0.25, 0.3) is 0 Å². The number of anilines is 1. The summed E-state index contributed by atoms with van der Waals surface area (Å²) in [6, 6.07) is 14.0. The lowest BCUT2D eigenvalue weighted by atomic mass is 9.68. The maximum atomic E-state index is 4.71. The minimum Gasteiger partial charge on any atom is -0.351 e. The second-order valence-electron chi connectivity index (χ2n) is 8.07. The summed E-state index contributed by atoms with van der Waals surface area (Å²) in [7, 11) is 0. The topological polar surface area (TPSA) is 19.4 Å². The second kappa shape index (κ2) is 6.45. The third kappa shape index (κ3) is 2.95. The molecule has 132 valence electrons. The largest absolute Gasteiger partial charge is 0.351 e. The molecule has 25 heavy (non-hydrogen) atoms. The predicted octanol–water partition coefficient (Wildman–Crippen LogP) is 4.15. The first-order chi connectivity index (χ1) is 12.1. The van der Waals surface area contributed by atoms with Gasteiger partial charge < -0.3 is 9.80 Å². The fourth-order valence-electron chi connectivity index (χ4n) is 4.74. The number of rotatable bonds is 2. The molecule has 0 amide bonds. The zero-order chi connectivity index (χ0) is 17.4. The van der Waals surface area contributed by atoms with E-state index in [-0.39, 0.29) is 5.41 Å². The molecule has 0 radical (unpaired) electrons. The summed E-state index contributed by atoms with van der Waals surface area (Å²) in [5.74, 6) is 1.16. The van der Waals surface area contributed by atoms with Crippen LogP contribution in [0.4, 0.5) is 5.82 Å². The minimum absolute atomic E-state index is 0.268. The van der Waals surface area contributed by atoms with Crippen LogP contribution >= 0.6 is 0 Å². The molecule has 1 saturated heterocycles. The molecule has 0 bridgehead atoms. The van der Waals surface area contributed by atoms with Gasteiger partial charge in [0.1, 0.15) is 5.82 Å². The first-order valence-corrected chi connectivity index (χ1v) is 9.58. The quantitative estimate of drug-likeness (QED) is 0.822. The normalized spacial score (nSPS) is 20.1. The Morgan fingerprint density at radius 2 is 1.80 bits per heavy atom. The van der Waals surface area contributed by atoms with Gasteiger partial charge in [-0.3, -0.25) is 0 Å². The summed E-state index contributed by atoms with van der Waals surface area (Å²) in [5.41, 5.74) is 4.61.